The molecule has 1 unspecified atom stereocenters. The molecule has 0 saturated heterocycles. The highest BCUT2D eigenvalue weighted by Crippen LogP contribution is 2.34. The molecule has 0 bridgehead atoms. The summed E-state index contributed by atoms with van der Waals surface area (Å²) in [4.78, 5) is 0. The molecule has 0 saturated carbocycles. The summed E-state index contributed by atoms with van der Waals surface area (Å²) in [7, 11) is 0. The zero-order valence-electron chi connectivity index (χ0n) is 13.2. The molecule has 1 atom stereocenters. The van der Waals surface area contributed by atoms with E-state index in [1.165, 1.54) is 23.8 Å². The molecular formula is C21H22O. The fourth-order valence-electron chi connectivity index (χ4n) is 3.06. The van der Waals surface area contributed by atoms with Crippen LogP contribution in [0.4, 0.5) is 0 Å². The van der Waals surface area contributed by atoms with Crippen LogP contribution in [0.1, 0.15) is 38.2 Å². The number of phenolic OH excluding ortho intramolecular Hbond substituents is 1. The Morgan fingerprint density at radius 3 is 2.41 bits per heavy atom. The third kappa shape index (κ3) is 2.85. The summed E-state index contributed by atoms with van der Waals surface area (Å²) in [6.45, 7) is 4.48. The van der Waals surface area contributed by atoms with Crippen molar-refractivity contribution in [2.75, 3.05) is 0 Å². The predicted octanol–water partition coefficient (Wildman–Crippen LogP) is 6.12. The summed E-state index contributed by atoms with van der Waals surface area (Å²) in [6, 6.07) is 20.6. The molecule has 0 aromatic heterocycles. The lowest BCUT2D eigenvalue weighted by Gasteiger charge is -2.13. The zero-order chi connectivity index (χ0) is 15.5. The standard InChI is InChI=1S/C21H22O/c1-3-7-15(2)17-10-11-18-13-20(16-8-5-4-6-9-16)21(22)14-19(18)12-17/h4-6,8-15,22H,3,7H2,1-2H3. The van der Waals surface area contributed by atoms with Gasteiger partial charge in [-0.2, -0.15) is 0 Å². The van der Waals surface area contributed by atoms with Gasteiger partial charge in [0.15, 0.2) is 0 Å². The number of phenols is 1. The highest BCUT2D eigenvalue weighted by Gasteiger charge is 2.09. The van der Waals surface area contributed by atoms with E-state index >= 15 is 0 Å². The summed E-state index contributed by atoms with van der Waals surface area (Å²) in [5, 5.41) is 12.7. The van der Waals surface area contributed by atoms with Crippen LogP contribution in [0.25, 0.3) is 21.9 Å². The molecule has 1 N–H and O–H groups in total. The van der Waals surface area contributed by atoms with Gasteiger partial charge in [0.1, 0.15) is 5.75 Å². The second kappa shape index (κ2) is 6.23. The molecule has 0 spiro atoms. The molecular weight excluding hydrogens is 268 g/mol. The van der Waals surface area contributed by atoms with Crippen molar-refractivity contribution in [1.29, 1.82) is 0 Å². The molecule has 3 aromatic rings. The maximum absolute atomic E-state index is 10.4. The van der Waals surface area contributed by atoms with Gasteiger partial charge in [-0.3, -0.25) is 0 Å². The largest absolute Gasteiger partial charge is 0.507 e. The first-order valence-corrected chi connectivity index (χ1v) is 8.01. The molecule has 0 fully saturated rings. The Bertz CT molecular complexity index is 775. The first-order chi connectivity index (χ1) is 10.7. The maximum Gasteiger partial charge on any atom is 0.124 e. The van der Waals surface area contributed by atoms with E-state index in [-0.39, 0.29) is 0 Å². The van der Waals surface area contributed by atoms with Crippen LogP contribution in [0.3, 0.4) is 0 Å². The van der Waals surface area contributed by atoms with E-state index in [4.69, 9.17) is 0 Å². The fourth-order valence-corrected chi connectivity index (χ4v) is 3.06. The molecule has 0 radical (unpaired) electrons. The van der Waals surface area contributed by atoms with Crippen molar-refractivity contribution in [1.82, 2.24) is 0 Å². The topological polar surface area (TPSA) is 20.2 Å². The molecule has 1 nitrogen and oxygen atoms in total. The molecule has 1 heteroatoms. The first-order valence-electron chi connectivity index (χ1n) is 8.01. The lowest BCUT2D eigenvalue weighted by molar-refractivity contribution is 0.478. The third-order valence-electron chi connectivity index (χ3n) is 4.35. The molecule has 22 heavy (non-hydrogen) atoms. The molecule has 3 aromatic carbocycles. The van der Waals surface area contributed by atoms with Gasteiger partial charge in [0.25, 0.3) is 0 Å². The van der Waals surface area contributed by atoms with E-state index in [9.17, 15) is 5.11 Å². The van der Waals surface area contributed by atoms with Crippen LogP contribution < -0.4 is 0 Å². The smallest absolute Gasteiger partial charge is 0.124 e. The molecule has 0 amide bonds. The van der Waals surface area contributed by atoms with Crippen LogP contribution in [0, 0.1) is 0 Å². The van der Waals surface area contributed by atoms with E-state index in [0.717, 1.165) is 16.5 Å². The quantitative estimate of drug-likeness (QED) is 0.614. The third-order valence-corrected chi connectivity index (χ3v) is 4.35. The first kappa shape index (κ1) is 14.6. The lowest BCUT2D eigenvalue weighted by atomic mass is 9.93. The van der Waals surface area contributed by atoms with Crippen molar-refractivity contribution in [2.45, 2.75) is 32.6 Å². The molecule has 0 heterocycles. The molecule has 0 aliphatic carbocycles. The van der Waals surface area contributed by atoms with Crippen molar-refractivity contribution in [3.05, 3.63) is 66.2 Å². The summed E-state index contributed by atoms with van der Waals surface area (Å²) in [6.07, 6.45) is 2.39. The minimum absolute atomic E-state index is 0.346. The van der Waals surface area contributed by atoms with Crippen LogP contribution in [-0.4, -0.2) is 5.11 Å². The van der Waals surface area contributed by atoms with E-state index in [1.807, 2.05) is 36.4 Å². The molecule has 112 valence electrons. The van der Waals surface area contributed by atoms with E-state index < -0.39 is 0 Å². The highest BCUT2D eigenvalue weighted by atomic mass is 16.3. The summed E-state index contributed by atoms with van der Waals surface area (Å²) in [5.41, 5.74) is 3.29. The van der Waals surface area contributed by atoms with Crippen LogP contribution in [-0.2, 0) is 0 Å². The van der Waals surface area contributed by atoms with Crippen molar-refractivity contribution in [3.8, 4) is 16.9 Å². The Morgan fingerprint density at radius 1 is 0.909 bits per heavy atom. The Kier molecular flexibility index (Phi) is 4.15. The Balaban J connectivity index is 2.06. The van der Waals surface area contributed by atoms with Gasteiger partial charge in [-0.15, -0.1) is 0 Å². The van der Waals surface area contributed by atoms with Crippen LogP contribution in [0.5, 0.6) is 5.75 Å². The van der Waals surface area contributed by atoms with Gasteiger partial charge in [-0.05, 0) is 46.4 Å². The fraction of sp³-hybridized carbons (Fsp3) is 0.238. The second-order valence-corrected chi connectivity index (χ2v) is 6.03. The second-order valence-electron chi connectivity index (χ2n) is 6.03. The van der Waals surface area contributed by atoms with Crippen LogP contribution in [0.15, 0.2) is 60.7 Å². The average Bonchev–Trinajstić information content (AvgIpc) is 2.54. The SMILES string of the molecule is CCCC(C)c1ccc2cc(-c3ccccc3)c(O)cc2c1. The molecule has 3 rings (SSSR count). The van der Waals surface area contributed by atoms with Crippen molar-refractivity contribution in [3.63, 3.8) is 0 Å². The lowest BCUT2D eigenvalue weighted by Crippen LogP contribution is -1.92. The van der Waals surface area contributed by atoms with Crippen molar-refractivity contribution < 1.29 is 5.11 Å². The zero-order valence-corrected chi connectivity index (χ0v) is 13.2. The van der Waals surface area contributed by atoms with Crippen LogP contribution >= 0.6 is 0 Å². The van der Waals surface area contributed by atoms with Gasteiger partial charge in [0.2, 0.25) is 0 Å². The van der Waals surface area contributed by atoms with Crippen LogP contribution in [0.2, 0.25) is 0 Å². The average molecular weight is 290 g/mol. The van der Waals surface area contributed by atoms with E-state index in [1.54, 1.807) is 0 Å². The highest BCUT2D eigenvalue weighted by molar-refractivity contribution is 5.91. The van der Waals surface area contributed by atoms with Gasteiger partial charge in [-0.1, -0.05) is 68.8 Å². The van der Waals surface area contributed by atoms with E-state index in [2.05, 4.69) is 38.1 Å². The summed E-state index contributed by atoms with van der Waals surface area (Å²) in [5.74, 6) is 0.907. The van der Waals surface area contributed by atoms with Gasteiger partial charge >= 0.3 is 0 Å². The van der Waals surface area contributed by atoms with Crippen molar-refractivity contribution in [2.24, 2.45) is 0 Å². The van der Waals surface area contributed by atoms with Gasteiger partial charge in [0.05, 0.1) is 0 Å². The number of aromatic hydroxyl groups is 1. The predicted molar refractivity (Wildman–Crippen MR) is 94.4 cm³/mol. The monoisotopic (exact) mass is 290 g/mol. The number of fused-ring (bicyclic) bond motifs is 1. The van der Waals surface area contributed by atoms with Gasteiger partial charge in [0, 0.05) is 5.56 Å². The normalized spacial score (nSPS) is 12.5. The minimum Gasteiger partial charge on any atom is -0.507 e. The molecule has 0 aliphatic rings. The number of rotatable bonds is 4. The van der Waals surface area contributed by atoms with Crippen molar-refractivity contribution >= 4 is 10.8 Å². The molecule has 0 aliphatic heterocycles. The van der Waals surface area contributed by atoms with Gasteiger partial charge in [-0.25, -0.2) is 0 Å². The summed E-state index contributed by atoms with van der Waals surface area (Å²) < 4.78 is 0. The number of hydrogen-bond donors (Lipinski definition) is 1. The summed E-state index contributed by atoms with van der Waals surface area (Å²) >= 11 is 0. The maximum atomic E-state index is 10.4. The Hall–Kier alpha value is -2.28. The Labute approximate surface area is 132 Å². The van der Waals surface area contributed by atoms with Gasteiger partial charge < -0.3 is 5.11 Å². The minimum atomic E-state index is 0.346. The number of hydrogen-bond acceptors (Lipinski definition) is 1. The van der Waals surface area contributed by atoms with E-state index in [0.29, 0.717) is 11.7 Å². The number of benzene rings is 3. The Morgan fingerprint density at radius 2 is 1.68 bits per heavy atom.